The third-order valence-corrected chi connectivity index (χ3v) is 3.78. The SMILES string of the molecule is COC(=O)/C(=C/c1ccc(Oc2cc(C=O)ccc2OC)cc1)NC(=O)OC(C)(C)C. The Hall–Kier alpha value is -3.81. The van der Waals surface area contributed by atoms with Crippen molar-refractivity contribution in [3.8, 4) is 17.2 Å². The largest absolute Gasteiger partial charge is 0.493 e. The fourth-order valence-corrected chi connectivity index (χ4v) is 2.44. The van der Waals surface area contributed by atoms with Gasteiger partial charge in [-0.25, -0.2) is 9.59 Å². The standard InChI is InChI=1S/C23H25NO7/c1-23(2,3)31-22(27)24-18(21(26)29-5)12-15-6-9-17(10-7-15)30-20-13-16(14-25)8-11-19(20)28-4/h6-14H,1-5H3,(H,24,27)/b18-12-. The predicted octanol–water partition coefficient (Wildman–Crippen LogP) is 4.34. The number of amides is 1. The molecule has 0 bridgehead atoms. The van der Waals surface area contributed by atoms with E-state index in [0.29, 0.717) is 34.7 Å². The van der Waals surface area contributed by atoms with Crippen LogP contribution < -0.4 is 14.8 Å². The molecule has 0 aliphatic rings. The first-order valence-corrected chi connectivity index (χ1v) is 9.36. The Morgan fingerprint density at radius 3 is 2.13 bits per heavy atom. The van der Waals surface area contributed by atoms with Crippen LogP contribution >= 0.6 is 0 Å². The van der Waals surface area contributed by atoms with Crippen molar-refractivity contribution >= 4 is 24.4 Å². The summed E-state index contributed by atoms with van der Waals surface area (Å²) in [6.45, 7) is 5.14. The lowest BCUT2D eigenvalue weighted by molar-refractivity contribution is -0.136. The Balaban J connectivity index is 2.21. The second-order valence-electron chi connectivity index (χ2n) is 7.38. The summed E-state index contributed by atoms with van der Waals surface area (Å²) >= 11 is 0. The van der Waals surface area contributed by atoms with Crippen LogP contribution in [0.25, 0.3) is 6.08 Å². The summed E-state index contributed by atoms with van der Waals surface area (Å²) in [4.78, 5) is 35.1. The number of alkyl carbamates (subject to hydrolysis) is 1. The lowest BCUT2D eigenvalue weighted by Gasteiger charge is -2.20. The fraction of sp³-hybridized carbons (Fsp3) is 0.261. The highest BCUT2D eigenvalue weighted by Gasteiger charge is 2.20. The molecule has 0 saturated heterocycles. The summed E-state index contributed by atoms with van der Waals surface area (Å²) < 4.78 is 20.9. The first-order chi connectivity index (χ1) is 14.6. The van der Waals surface area contributed by atoms with Gasteiger partial charge in [-0.1, -0.05) is 12.1 Å². The zero-order chi connectivity index (χ0) is 23.0. The van der Waals surface area contributed by atoms with Crippen LogP contribution in [-0.2, 0) is 14.3 Å². The van der Waals surface area contributed by atoms with Crippen LogP contribution in [0.15, 0.2) is 48.2 Å². The van der Waals surface area contributed by atoms with E-state index in [0.717, 1.165) is 0 Å². The molecule has 164 valence electrons. The van der Waals surface area contributed by atoms with E-state index >= 15 is 0 Å². The number of nitrogens with one attached hydrogen (secondary N) is 1. The van der Waals surface area contributed by atoms with E-state index in [1.165, 1.54) is 20.3 Å². The van der Waals surface area contributed by atoms with Crippen molar-refractivity contribution in [2.75, 3.05) is 14.2 Å². The van der Waals surface area contributed by atoms with Gasteiger partial charge in [-0.15, -0.1) is 0 Å². The van der Waals surface area contributed by atoms with Gasteiger partial charge in [-0.05, 0) is 62.7 Å². The van der Waals surface area contributed by atoms with Crippen molar-refractivity contribution in [1.82, 2.24) is 5.32 Å². The summed E-state index contributed by atoms with van der Waals surface area (Å²) in [7, 11) is 2.72. The van der Waals surface area contributed by atoms with E-state index < -0.39 is 17.7 Å². The smallest absolute Gasteiger partial charge is 0.412 e. The predicted molar refractivity (Wildman–Crippen MR) is 114 cm³/mol. The number of rotatable bonds is 7. The maximum absolute atomic E-state index is 12.0. The number of carbonyl (C=O) groups excluding carboxylic acids is 3. The lowest BCUT2D eigenvalue weighted by atomic mass is 10.1. The van der Waals surface area contributed by atoms with Gasteiger partial charge >= 0.3 is 12.1 Å². The summed E-state index contributed by atoms with van der Waals surface area (Å²) in [5, 5.41) is 2.40. The van der Waals surface area contributed by atoms with Crippen LogP contribution in [0.1, 0.15) is 36.7 Å². The van der Waals surface area contributed by atoms with Crippen molar-refractivity contribution in [1.29, 1.82) is 0 Å². The minimum Gasteiger partial charge on any atom is -0.493 e. The average Bonchev–Trinajstić information content (AvgIpc) is 2.72. The van der Waals surface area contributed by atoms with Crippen LogP contribution in [-0.4, -0.2) is 38.2 Å². The number of methoxy groups -OCH3 is 2. The molecule has 0 fully saturated rings. The average molecular weight is 427 g/mol. The molecule has 0 aromatic heterocycles. The molecule has 31 heavy (non-hydrogen) atoms. The van der Waals surface area contributed by atoms with Crippen LogP contribution in [0.4, 0.5) is 4.79 Å². The van der Waals surface area contributed by atoms with Crippen molar-refractivity contribution in [3.05, 3.63) is 59.3 Å². The van der Waals surface area contributed by atoms with E-state index in [1.54, 1.807) is 63.2 Å². The molecule has 2 aromatic carbocycles. The van der Waals surface area contributed by atoms with E-state index in [-0.39, 0.29) is 5.70 Å². The molecule has 0 heterocycles. The number of esters is 1. The van der Waals surface area contributed by atoms with Gasteiger partial charge in [0.1, 0.15) is 23.3 Å². The molecule has 0 radical (unpaired) electrons. The molecule has 8 nitrogen and oxygen atoms in total. The highest BCUT2D eigenvalue weighted by molar-refractivity contribution is 5.96. The Bertz CT molecular complexity index is 972. The summed E-state index contributed by atoms with van der Waals surface area (Å²) in [5.41, 5.74) is 0.265. The molecular weight excluding hydrogens is 402 g/mol. The molecule has 8 heteroatoms. The van der Waals surface area contributed by atoms with E-state index in [1.807, 2.05) is 0 Å². The number of carbonyl (C=O) groups is 3. The highest BCUT2D eigenvalue weighted by atomic mass is 16.6. The van der Waals surface area contributed by atoms with E-state index in [2.05, 4.69) is 5.32 Å². The molecule has 1 amide bonds. The van der Waals surface area contributed by atoms with Crippen molar-refractivity contribution in [3.63, 3.8) is 0 Å². The maximum Gasteiger partial charge on any atom is 0.412 e. The van der Waals surface area contributed by atoms with Gasteiger partial charge in [-0.2, -0.15) is 0 Å². The third-order valence-electron chi connectivity index (χ3n) is 3.78. The lowest BCUT2D eigenvalue weighted by Crippen LogP contribution is -2.34. The van der Waals surface area contributed by atoms with Crippen LogP contribution in [0.5, 0.6) is 17.2 Å². The zero-order valence-electron chi connectivity index (χ0n) is 18.1. The number of ether oxygens (including phenoxy) is 4. The van der Waals surface area contributed by atoms with Gasteiger partial charge in [0.05, 0.1) is 14.2 Å². The number of hydrogen-bond acceptors (Lipinski definition) is 7. The Morgan fingerprint density at radius 2 is 1.58 bits per heavy atom. The van der Waals surface area contributed by atoms with Gasteiger partial charge < -0.3 is 18.9 Å². The summed E-state index contributed by atoms with van der Waals surface area (Å²) in [5.74, 6) is 0.626. The van der Waals surface area contributed by atoms with Gasteiger partial charge in [0.25, 0.3) is 0 Å². The van der Waals surface area contributed by atoms with Crippen molar-refractivity contribution < 1.29 is 33.3 Å². The molecule has 0 atom stereocenters. The third kappa shape index (κ3) is 7.18. The monoisotopic (exact) mass is 427 g/mol. The van der Waals surface area contributed by atoms with Crippen LogP contribution in [0.2, 0.25) is 0 Å². The van der Waals surface area contributed by atoms with Gasteiger partial charge in [-0.3, -0.25) is 10.1 Å². The molecule has 0 aliphatic heterocycles. The minimum atomic E-state index is -0.772. The zero-order valence-corrected chi connectivity index (χ0v) is 18.1. The molecular formula is C23H25NO7. The molecule has 0 unspecified atom stereocenters. The molecule has 0 aliphatic carbocycles. The number of hydrogen-bond donors (Lipinski definition) is 1. The van der Waals surface area contributed by atoms with Crippen molar-refractivity contribution in [2.24, 2.45) is 0 Å². The summed E-state index contributed by atoms with van der Waals surface area (Å²) in [6.07, 6.45) is 1.39. The maximum atomic E-state index is 12.0. The fourth-order valence-electron chi connectivity index (χ4n) is 2.44. The van der Waals surface area contributed by atoms with E-state index in [4.69, 9.17) is 18.9 Å². The Morgan fingerprint density at radius 1 is 0.935 bits per heavy atom. The number of aldehydes is 1. The van der Waals surface area contributed by atoms with Gasteiger partial charge in [0, 0.05) is 5.56 Å². The minimum absolute atomic E-state index is 0.0780. The molecule has 2 rings (SSSR count). The molecule has 0 spiro atoms. The first-order valence-electron chi connectivity index (χ1n) is 9.36. The van der Waals surface area contributed by atoms with Gasteiger partial charge in [0.2, 0.25) is 0 Å². The van der Waals surface area contributed by atoms with Crippen LogP contribution in [0, 0.1) is 0 Å². The Kier molecular flexibility index (Phi) is 7.79. The normalized spacial score (nSPS) is 11.3. The number of benzene rings is 2. The summed E-state index contributed by atoms with van der Waals surface area (Å²) in [6, 6.07) is 11.5. The van der Waals surface area contributed by atoms with E-state index in [9.17, 15) is 14.4 Å². The van der Waals surface area contributed by atoms with Crippen molar-refractivity contribution in [2.45, 2.75) is 26.4 Å². The van der Waals surface area contributed by atoms with Gasteiger partial charge in [0.15, 0.2) is 11.5 Å². The Labute approximate surface area is 180 Å². The second kappa shape index (κ2) is 10.3. The molecule has 1 N–H and O–H groups in total. The second-order valence-corrected chi connectivity index (χ2v) is 7.38. The first kappa shape index (κ1) is 23.5. The topological polar surface area (TPSA) is 100 Å². The molecule has 2 aromatic rings. The highest BCUT2D eigenvalue weighted by Crippen LogP contribution is 2.32. The molecule has 0 saturated carbocycles. The van der Waals surface area contributed by atoms with Crippen LogP contribution in [0.3, 0.4) is 0 Å². The quantitative estimate of drug-likeness (QED) is 0.399.